The first-order valence-electron chi connectivity index (χ1n) is 10.3. The molecule has 34 heavy (non-hydrogen) atoms. The predicted molar refractivity (Wildman–Crippen MR) is 123 cm³/mol. The minimum Gasteiger partial charge on any atom is -0.379 e. The van der Waals surface area contributed by atoms with E-state index in [1.807, 2.05) is 0 Å². The Morgan fingerprint density at radius 1 is 0.647 bits per heavy atom. The van der Waals surface area contributed by atoms with Crippen molar-refractivity contribution in [2.24, 2.45) is 0 Å². The SMILES string of the molecule is O=S(=O)(c1cccc(S(=O)(=O)N2CCOCC2)c1)c1ccc(Cl)c(S(=O)(=O)N2CCOCC2)c1. The topological polar surface area (TPSA) is 127 Å². The molecule has 0 spiro atoms. The van der Waals surface area contributed by atoms with Gasteiger partial charge in [0.15, 0.2) is 0 Å². The van der Waals surface area contributed by atoms with E-state index in [0.717, 1.165) is 12.1 Å². The van der Waals surface area contributed by atoms with Gasteiger partial charge in [-0.1, -0.05) is 17.7 Å². The molecule has 0 aromatic heterocycles. The number of hydrogen-bond donors (Lipinski definition) is 0. The van der Waals surface area contributed by atoms with Crippen LogP contribution in [0.2, 0.25) is 5.02 Å². The van der Waals surface area contributed by atoms with Crippen LogP contribution in [0.25, 0.3) is 0 Å². The fourth-order valence-electron chi connectivity index (χ4n) is 3.65. The van der Waals surface area contributed by atoms with E-state index in [9.17, 15) is 25.3 Å². The molecule has 2 aliphatic heterocycles. The summed E-state index contributed by atoms with van der Waals surface area (Å²) in [6.45, 7) is 1.52. The molecule has 0 radical (unpaired) electrons. The second-order valence-electron chi connectivity index (χ2n) is 7.60. The molecule has 2 aromatic carbocycles. The Morgan fingerprint density at radius 3 is 1.74 bits per heavy atom. The summed E-state index contributed by atoms with van der Waals surface area (Å²) in [7, 11) is -12.2. The highest BCUT2D eigenvalue weighted by Crippen LogP contribution is 2.31. The number of morpholine rings is 2. The molecular formula is C20H23ClN2O8S3. The first kappa shape index (κ1) is 25.5. The third-order valence-corrected chi connectivity index (χ3v) is 11.5. The first-order valence-corrected chi connectivity index (χ1v) is 15.1. The largest absolute Gasteiger partial charge is 0.379 e. The molecule has 0 aliphatic carbocycles. The standard InChI is InChI=1S/C20H23ClN2O8S3/c21-19-5-4-17(15-20(19)34(28,29)23-8-12-31-13-9-23)32(24,25)16-2-1-3-18(14-16)33(26,27)22-6-10-30-11-7-22/h1-5,14-15H,6-13H2. The van der Waals surface area contributed by atoms with Crippen molar-refractivity contribution >= 4 is 41.5 Å². The van der Waals surface area contributed by atoms with Crippen LogP contribution < -0.4 is 0 Å². The Balaban J connectivity index is 1.72. The molecule has 0 unspecified atom stereocenters. The lowest BCUT2D eigenvalue weighted by atomic mass is 10.4. The average Bonchev–Trinajstić information content (AvgIpc) is 2.85. The van der Waals surface area contributed by atoms with E-state index in [1.165, 1.54) is 38.9 Å². The van der Waals surface area contributed by atoms with Gasteiger partial charge in [0.25, 0.3) is 0 Å². The normalized spacial score (nSPS) is 19.2. The Bertz CT molecular complexity index is 1380. The summed E-state index contributed by atoms with van der Waals surface area (Å²) >= 11 is 6.14. The van der Waals surface area contributed by atoms with E-state index in [4.69, 9.17) is 21.1 Å². The van der Waals surface area contributed by atoms with Crippen molar-refractivity contribution in [2.45, 2.75) is 19.6 Å². The molecule has 2 aromatic rings. The maximum absolute atomic E-state index is 13.4. The smallest absolute Gasteiger partial charge is 0.244 e. The van der Waals surface area contributed by atoms with Gasteiger partial charge in [0.2, 0.25) is 29.9 Å². The minimum atomic E-state index is -4.26. The first-order chi connectivity index (χ1) is 16.0. The van der Waals surface area contributed by atoms with Crippen LogP contribution >= 0.6 is 11.6 Å². The van der Waals surface area contributed by atoms with Crippen molar-refractivity contribution in [1.82, 2.24) is 8.61 Å². The highest BCUT2D eigenvalue weighted by Gasteiger charge is 2.31. The number of sulfonamides is 2. The van der Waals surface area contributed by atoms with Crippen LogP contribution in [-0.2, 0) is 39.4 Å². The van der Waals surface area contributed by atoms with E-state index < -0.39 is 29.9 Å². The molecule has 0 saturated carbocycles. The van der Waals surface area contributed by atoms with Crippen molar-refractivity contribution < 1.29 is 34.7 Å². The molecule has 2 aliphatic rings. The summed E-state index contributed by atoms with van der Waals surface area (Å²) in [5.41, 5.74) is 0. The fraction of sp³-hybridized carbons (Fsp3) is 0.400. The number of ether oxygens (including phenoxy) is 2. The molecule has 2 saturated heterocycles. The summed E-state index contributed by atoms with van der Waals surface area (Å²) in [6.07, 6.45) is 0. The van der Waals surface area contributed by atoms with E-state index in [1.54, 1.807) is 0 Å². The quantitative estimate of drug-likeness (QED) is 0.525. The highest BCUT2D eigenvalue weighted by atomic mass is 35.5. The maximum Gasteiger partial charge on any atom is 0.244 e. The lowest BCUT2D eigenvalue weighted by Crippen LogP contribution is -2.40. The van der Waals surface area contributed by atoms with Crippen molar-refractivity contribution in [3.05, 3.63) is 47.5 Å². The Hall–Kier alpha value is -1.58. The summed E-state index contributed by atoms with van der Waals surface area (Å²) in [5.74, 6) is 0. The molecule has 14 heteroatoms. The van der Waals surface area contributed by atoms with Crippen molar-refractivity contribution in [2.75, 3.05) is 52.6 Å². The van der Waals surface area contributed by atoms with Crippen LogP contribution in [0.15, 0.2) is 62.0 Å². The fourth-order valence-corrected chi connectivity index (χ4v) is 8.49. The minimum absolute atomic E-state index is 0.117. The van der Waals surface area contributed by atoms with Gasteiger partial charge in [0, 0.05) is 26.2 Å². The molecule has 4 rings (SSSR count). The van der Waals surface area contributed by atoms with E-state index in [-0.39, 0.29) is 77.2 Å². The second kappa shape index (κ2) is 9.82. The number of rotatable bonds is 6. The Kier molecular flexibility index (Phi) is 7.37. The van der Waals surface area contributed by atoms with Gasteiger partial charge in [-0.25, -0.2) is 25.3 Å². The molecule has 0 N–H and O–H groups in total. The van der Waals surface area contributed by atoms with Gasteiger partial charge in [0.1, 0.15) is 4.90 Å². The van der Waals surface area contributed by atoms with E-state index >= 15 is 0 Å². The zero-order valence-electron chi connectivity index (χ0n) is 18.0. The Morgan fingerprint density at radius 2 is 1.15 bits per heavy atom. The number of sulfone groups is 1. The molecule has 0 atom stereocenters. The molecular weight excluding hydrogens is 528 g/mol. The van der Waals surface area contributed by atoms with Crippen molar-refractivity contribution in [3.8, 4) is 0 Å². The van der Waals surface area contributed by atoms with Crippen LogP contribution in [0.3, 0.4) is 0 Å². The molecule has 0 bridgehead atoms. The highest BCUT2D eigenvalue weighted by molar-refractivity contribution is 7.92. The number of benzene rings is 2. The summed E-state index contributed by atoms with van der Waals surface area (Å²) < 4.78 is 91.6. The monoisotopic (exact) mass is 550 g/mol. The zero-order valence-corrected chi connectivity index (χ0v) is 21.2. The maximum atomic E-state index is 13.4. The van der Waals surface area contributed by atoms with Gasteiger partial charge in [-0.3, -0.25) is 0 Å². The van der Waals surface area contributed by atoms with E-state index in [2.05, 4.69) is 0 Å². The van der Waals surface area contributed by atoms with Gasteiger partial charge in [-0.05, 0) is 36.4 Å². The van der Waals surface area contributed by atoms with Gasteiger partial charge in [-0.2, -0.15) is 8.61 Å². The van der Waals surface area contributed by atoms with Crippen molar-refractivity contribution in [1.29, 1.82) is 0 Å². The van der Waals surface area contributed by atoms with E-state index in [0.29, 0.717) is 0 Å². The lowest BCUT2D eigenvalue weighted by molar-refractivity contribution is 0.0730. The van der Waals surface area contributed by atoms with Crippen LogP contribution in [0, 0.1) is 0 Å². The molecule has 2 fully saturated rings. The second-order valence-corrected chi connectivity index (χ2v) is 13.8. The zero-order chi connectivity index (χ0) is 24.6. The lowest BCUT2D eigenvalue weighted by Gasteiger charge is -2.26. The summed E-state index contributed by atoms with van der Waals surface area (Å²) in [4.78, 5) is -1.11. The molecule has 2 heterocycles. The van der Waals surface area contributed by atoms with Gasteiger partial charge < -0.3 is 9.47 Å². The third kappa shape index (κ3) is 4.88. The summed E-state index contributed by atoms with van der Waals surface area (Å²) in [5, 5.41) is -0.117. The van der Waals surface area contributed by atoms with Crippen LogP contribution in [0.1, 0.15) is 0 Å². The molecule has 186 valence electrons. The summed E-state index contributed by atoms with van der Waals surface area (Å²) in [6, 6.07) is 8.39. The third-order valence-electron chi connectivity index (χ3n) is 5.52. The van der Waals surface area contributed by atoms with Crippen molar-refractivity contribution in [3.63, 3.8) is 0 Å². The molecule has 10 nitrogen and oxygen atoms in total. The predicted octanol–water partition coefficient (Wildman–Crippen LogP) is 1.21. The number of halogens is 1. The van der Waals surface area contributed by atoms with Gasteiger partial charge in [-0.15, -0.1) is 0 Å². The Labute approximate surface area is 204 Å². The number of nitrogens with zero attached hydrogens (tertiary/aromatic N) is 2. The van der Waals surface area contributed by atoms with Crippen LogP contribution in [0.5, 0.6) is 0 Å². The van der Waals surface area contributed by atoms with Crippen LogP contribution in [0.4, 0.5) is 0 Å². The van der Waals surface area contributed by atoms with Gasteiger partial charge >= 0.3 is 0 Å². The van der Waals surface area contributed by atoms with Crippen LogP contribution in [-0.4, -0.2) is 86.5 Å². The van der Waals surface area contributed by atoms with Gasteiger partial charge in [0.05, 0.1) is 46.1 Å². The average molecular weight is 551 g/mol. The number of hydrogen-bond acceptors (Lipinski definition) is 8. The molecule has 0 amide bonds.